The maximum atomic E-state index is 8.73. The van der Waals surface area contributed by atoms with Crippen molar-refractivity contribution in [2.75, 3.05) is 0 Å². The van der Waals surface area contributed by atoms with Crippen LogP contribution in [0.15, 0.2) is 0 Å². The zero-order valence-corrected chi connectivity index (χ0v) is 8.29. The first-order chi connectivity index (χ1) is 5.65. The maximum absolute atomic E-state index is 8.73. The lowest BCUT2D eigenvalue weighted by Crippen LogP contribution is -2.33. The van der Waals surface area contributed by atoms with E-state index < -0.39 is 0 Å². The fourth-order valence-electron chi connectivity index (χ4n) is 2.24. The van der Waals surface area contributed by atoms with E-state index in [2.05, 4.69) is 25.7 Å². The Morgan fingerprint density at radius 2 is 2.00 bits per heavy atom. The van der Waals surface area contributed by atoms with Crippen molar-refractivity contribution >= 4 is 0 Å². The second-order valence-electron chi connectivity index (χ2n) is 4.47. The molecule has 0 unspecified atom stereocenters. The van der Waals surface area contributed by atoms with Crippen molar-refractivity contribution in [1.29, 1.82) is 0 Å². The van der Waals surface area contributed by atoms with E-state index >= 15 is 0 Å². The van der Waals surface area contributed by atoms with Crippen LogP contribution in [0.3, 0.4) is 0 Å². The smallest absolute Gasteiger partial charge is 0.0960 e. The summed E-state index contributed by atoms with van der Waals surface area (Å²) in [5, 5.41) is 8.73. The van der Waals surface area contributed by atoms with Gasteiger partial charge in [-0.15, -0.1) is 0 Å². The highest BCUT2D eigenvalue weighted by molar-refractivity contribution is 4.80. The second-order valence-corrected chi connectivity index (χ2v) is 4.47. The van der Waals surface area contributed by atoms with E-state index in [9.17, 15) is 0 Å². The van der Waals surface area contributed by atoms with Gasteiger partial charge in [-0.3, -0.25) is 5.26 Å². The lowest BCUT2D eigenvalue weighted by molar-refractivity contribution is -0.301. The average molecular weight is 172 g/mol. The molecule has 1 fully saturated rings. The molecule has 1 N–H and O–H groups in total. The van der Waals surface area contributed by atoms with Crippen LogP contribution >= 0.6 is 0 Å². The lowest BCUT2D eigenvalue weighted by atomic mass is 9.75. The molecular formula is C10H20O2. The molecule has 0 spiro atoms. The first-order valence-corrected chi connectivity index (χ1v) is 4.95. The Bertz CT molecular complexity index is 134. The minimum atomic E-state index is 0.0775. The van der Waals surface area contributed by atoms with E-state index in [0.717, 1.165) is 6.42 Å². The molecule has 3 atom stereocenters. The van der Waals surface area contributed by atoms with Crippen molar-refractivity contribution in [3.8, 4) is 0 Å². The molecule has 12 heavy (non-hydrogen) atoms. The van der Waals surface area contributed by atoms with Gasteiger partial charge in [-0.2, -0.15) is 0 Å². The van der Waals surface area contributed by atoms with Crippen molar-refractivity contribution in [3.05, 3.63) is 0 Å². The summed E-state index contributed by atoms with van der Waals surface area (Å²) < 4.78 is 0. The third-order valence-corrected chi connectivity index (χ3v) is 3.10. The quantitative estimate of drug-likeness (QED) is 0.512. The lowest BCUT2D eigenvalue weighted by Gasteiger charge is -2.34. The van der Waals surface area contributed by atoms with E-state index in [1.165, 1.54) is 12.8 Å². The number of hydrogen-bond acceptors (Lipinski definition) is 2. The molecule has 0 aromatic carbocycles. The van der Waals surface area contributed by atoms with Gasteiger partial charge in [0.25, 0.3) is 0 Å². The van der Waals surface area contributed by atoms with Crippen LogP contribution in [0, 0.1) is 17.8 Å². The topological polar surface area (TPSA) is 29.5 Å². The van der Waals surface area contributed by atoms with Crippen molar-refractivity contribution in [1.82, 2.24) is 0 Å². The molecule has 1 aliphatic carbocycles. The largest absolute Gasteiger partial charge is 0.252 e. The van der Waals surface area contributed by atoms with Gasteiger partial charge in [0, 0.05) is 0 Å². The van der Waals surface area contributed by atoms with Gasteiger partial charge in [0.15, 0.2) is 0 Å². The van der Waals surface area contributed by atoms with Gasteiger partial charge in [-0.1, -0.05) is 27.2 Å². The molecule has 2 heteroatoms. The monoisotopic (exact) mass is 172 g/mol. The van der Waals surface area contributed by atoms with Gasteiger partial charge in [0.05, 0.1) is 6.10 Å². The number of hydrogen-bond donors (Lipinski definition) is 1. The molecule has 72 valence electrons. The summed E-state index contributed by atoms with van der Waals surface area (Å²) in [5.74, 6) is 1.87. The Kier molecular flexibility index (Phi) is 3.53. The van der Waals surface area contributed by atoms with Crippen LogP contribution in [-0.2, 0) is 4.89 Å². The fourth-order valence-corrected chi connectivity index (χ4v) is 2.24. The summed E-state index contributed by atoms with van der Waals surface area (Å²) in [6, 6.07) is 0. The molecule has 1 rings (SSSR count). The molecule has 0 bridgehead atoms. The van der Waals surface area contributed by atoms with Crippen molar-refractivity contribution in [2.24, 2.45) is 17.8 Å². The molecule has 2 nitrogen and oxygen atoms in total. The molecule has 1 saturated carbocycles. The predicted molar refractivity (Wildman–Crippen MR) is 48.8 cm³/mol. The minimum absolute atomic E-state index is 0.0775. The summed E-state index contributed by atoms with van der Waals surface area (Å²) >= 11 is 0. The molecule has 0 amide bonds. The molecule has 0 heterocycles. The van der Waals surface area contributed by atoms with E-state index in [1.54, 1.807) is 0 Å². The molecule has 0 saturated heterocycles. The normalized spacial score (nSPS) is 37.2. The molecule has 0 aromatic rings. The minimum Gasteiger partial charge on any atom is -0.252 e. The molecular weight excluding hydrogens is 152 g/mol. The van der Waals surface area contributed by atoms with Gasteiger partial charge in [0.1, 0.15) is 0 Å². The summed E-state index contributed by atoms with van der Waals surface area (Å²) in [5.41, 5.74) is 0. The second kappa shape index (κ2) is 4.24. The van der Waals surface area contributed by atoms with Gasteiger partial charge in [-0.05, 0) is 30.6 Å². The summed E-state index contributed by atoms with van der Waals surface area (Å²) in [7, 11) is 0. The first-order valence-electron chi connectivity index (χ1n) is 4.95. The average Bonchev–Trinajstić information content (AvgIpc) is 2.03. The van der Waals surface area contributed by atoms with Crippen LogP contribution in [0.4, 0.5) is 0 Å². The van der Waals surface area contributed by atoms with Gasteiger partial charge in [-0.25, -0.2) is 4.89 Å². The fraction of sp³-hybridized carbons (Fsp3) is 1.00. The highest BCUT2D eigenvalue weighted by Crippen LogP contribution is 2.34. The Hall–Kier alpha value is -0.0800. The van der Waals surface area contributed by atoms with E-state index in [0.29, 0.717) is 17.8 Å². The van der Waals surface area contributed by atoms with E-state index in [-0.39, 0.29) is 6.10 Å². The molecule has 0 aliphatic heterocycles. The standard InChI is InChI=1S/C10H20O2/c1-7(2)9-5-4-8(3)6-10(9)12-11/h7-11H,4-6H2,1-3H3/t8-,9-,10-/m1/s1. The molecule has 0 radical (unpaired) electrons. The van der Waals surface area contributed by atoms with Gasteiger partial charge < -0.3 is 0 Å². The van der Waals surface area contributed by atoms with Crippen molar-refractivity contribution in [3.63, 3.8) is 0 Å². The van der Waals surface area contributed by atoms with Crippen molar-refractivity contribution in [2.45, 2.75) is 46.1 Å². The van der Waals surface area contributed by atoms with Crippen LogP contribution in [0.5, 0.6) is 0 Å². The Balaban J connectivity index is 2.50. The molecule has 1 aliphatic rings. The number of rotatable bonds is 2. The third-order valence-electron chi connectivity index (χ3n) is 3.10. The predicted octanol–water partition coefficient (Wildman–Crippen LogP) is 2.94. The Morgan fingerprint density at radius 1 is 1.33 bits per heavy atom. The van der Waals surface area contributed by atoms with Crippen molar-refractivity contribution < 1.29 is 10.1 Å². The summed E-state index contributed by atoms with van der Waals surface area (Å²) in [6.07, 6.45) is 3.57. The van der Waals surface area contributed by atoms with Crippen LogP contribution in [0.2, 0.25) is 0 Å². The Morgan fingerprint density at radius 3 is 2.50 bits per heavy atom. The van der Waals surface area contributed by atoms with Crippen LogP contribution in [0.1, 0.15) is 40.0 Å². The van der Waals surface area contributed by atoms with E-state index in [4.69, 9.17) is 5.26 Å². The highest BCUT2D eigenvalue weighted by Gasteiger charge is 2.31. The summed E-state index contributed by atoms with van der Waals surface area (Å²) in [4.78, 5) is 4.54. The zero-order valence-electron chi connectivity index (χ0n) is 8.29. The SMILES string of the molecule is CC(C)[C@H]1CC[C@@H](C)C[C@H]1OO. The summed E-state index contributed by atoms with van der Waals surface area (Å²) in [6.45, 7) is 6.63. The van der Waals surface area contributed by atoms with Gasteiger partial charge >= 0.3 is 0 Å². The van der Waals surface area contributed by atoms with Gasteiger partial charge in [0.2, 0.25) is 0 Å². The zero-order chi connectivity index (χ0) is 9.14. The highest BCUT2D eigenvalue weighted by atomic mass is 17.1. The van der Waals surface area contributed by atoms with Crippen LogP contribution < -0.4 is 0 Å². The molecule has 0 aromatic heterocycles. The van der Waals surface area contributed by atoms with Crippen LogP contribution in [0.25, 0.3) is 0 Å². The maximum Gasteiger partial charge on any atom is 0.0960 e. The third kappa shape index (κ3) is 2.20. The van der Waals surface area contributed by atoms with E-state index in [1.807, 2.05) is 0 Å². The van der Waals surface area contributed by atoms with Crippen LogP contribution in [-0.4, -0.2) is 11.4 Å². The first kappa shape index (κ1) is 10.0. The Labute approximate surface area is 74.9 Å².